The Labute approximate surface area is 113 Å². The number of aryl methyl sites for hydroxylation is 2. The van der Waals surface area contributed by atoms with E-state index in [4.69, 9.17) is 9.40 Å². The van der Waals surface area contributed by atoms with Crippen LogP contribution in [0.15, 0.2) is 16.5 Å². The van der Waals surface area contributed by atoms with Gasteiger partial charge in [-0.1, -0.05) is 0 Å². The molecule has 1 fully saturated rings. The van der Waals surface area contributed by atoms with Crippen molar-refractivity contribution in [3.63, 3.8) is 0 Å². The standard InChI is InChI=1S/C16H20N2O/c1-2-4-13-10-15-14(9-12(13)3-1)18-16(19-15)11-5-7-17-8-6-11/h9-11,17H,1-8H2. The summed E-state index contributed by atoms with van der Waals surface area (Å²) in [5, 5.41) is 3.39. The van der Waals surface area contributed by atoms with Gasteiger partial charge < -0.3 is 9.73 Å². The number of rotatable bonds is 1. The summed E-state index contributed by atoms with van der Waals surface area (Å²) in [6, 6.07) is 4.50. The average molecular weight is 256 g/mol. The van der Waals surface area contributed by atoms with Crippen molar-refractivity contribution in [2.75, 3.05) is 13.1 Å². The van der Waals surface area contributed by atoms with Crippen LogP contribution in [0.3, 0.4) is 0 Å². The fourth-order valence-corrected chi connectivity index (χ4v) is 3.42. The third-order valence-electron chi connectivity index (χ3n) is 4.56. The number of hydrogen-bond donors (Lipinski definition) is 1. The molecule has 2 aromatic rings. The van der Waals surface area contributed by atoms with Crippen LogP contribution in [-0.2, 0) is 12.8 Å². The Bertz CT molecular complexity index is 553. The van der Waals surface area contributed by atoms with Gasteiger partial charge in [-0.2, -0.15) is 0 Å². The Balaban J connectivity index is 1.73. The number of piperidine rings is 1. The predicted molar refractivity (Wildman–Crippen MR) is 75.5 cm³/mol. The van der Waals surface area contributed by atoms with Crippen LogP contribution in [0.25, 0.3) is 11.1 Å². The monoisotopic (exact) mass is 256 g/mol. The minimum atomic E-state index is 0.505. The highest BCUT2D eigenvalue weighted by atomic mass is 16.3. The molecule has 1 aliphatic carbocycles. The van der Waals surface area contributed by atoms with Crippen LogP contribution >= 0.6 is 0 Å². The molecule has 0 unspecified atom stereocenters. The molecule has 0 bridgehead atoms. The molecule has 19 heavy (non-hydrogen) atoms. The molecule has 0 atom stereocenters. The molecule has 1 saturated heterocycles. The first-order valence-corrected chi connectivity index (χ1v) is 7.53. The highest BCUT2D eigenvalue weighted by molar-refractivity contribution is 5.75. The maximum atomic E-state index is 6.03. The molecule has 1 aliphatic heterocycles. The Hall–Kier alpha value is -1.35. The van der Waals surface area contributed by atoms with E-state index in [1.165, 1.54) is 36.8 Å². The van der Waals surface area contributed by atoms with Crippen LogP contribution in [0.1, 0.15) is 48.6 Å². The molecular formula is C16H20N2O. The van der Waals surface area contributed by atoms with Crippen molar-refractivity contribution in [1.82, 2.24) is 10.3 Å². The number of benzene rings is 1. The lowest BCUT2D eigenvalue weighted by molar-refractivity contribution is 0.385. The molecule has 100 valence electrons. The van der Waals surface area contributed by atoms with Gasteiger partial charge in [0.15, 0.2) is 11.5 Å². The number of fused-ring (bicyclic) bond motifs is 2. The van der Waals surface area contributed by atoms with Crippen molar-refractivity contribution in [2.24, 2.45) is 0 Å². The van der Waals surface area contributed by atoms with Gasteiger partial charge in [0.1, 0.15) is 5.52 Å². The van der Waals surface area contributed by atoms with E-state index in [9.17, 15) is 0 Å². The molecule has 3 heteroatoms. The second kappa shape index (κ2) is 4.64. The summed E-state index contributed by atoms with van der Waals surface area (Å²) in [5.74, 6) is 1.46. The van der Waals surface area contributed by atoms with Crippen molar-refractivity contribution in [2.45, 2.75) is 44.4 Å². The van der Waals surface area contributed by atoms with Crippen molar-refractivity contribution in [1.29, 1.82) is 0 Å². The molecule has 1 N–H and O–H groups in total. The van der Waals surface area contributed by atoms with E-state index >= 15 is 0 Å². The number of nitrogens with zero attached hydrogens (tertiary/aromatic N) is 1. The molecule has 2 aliphatic rings. The van der Waals surface area contributed by atoms with Crippen LogP contribution in [0.5, 0.6) is 0 Å². The molecule has 3 nitrogen and oxygen atoms in total. The quantitative estimate of drug-likeness (QED) is 0.851. The minimum absolute atomic E-state index is 0.505. The smallest absolute Gasteiger partial charge is 0.198 e. The molecule has 0 radical (unpaired) electrons. The highest BCUT2D eigenvalue weighted by Crippen LogP contribution is 2.31. The maximum Gasteiger partial charge on any atom is 0.198 e. The molecule has 1 aromatic heterocycles. The third kappa shape index (κ3) is 2.06. The summed E-state index contributed by atoms with van der Waals surface area (Å²) < 4.78 is 6.03. The normalized spacial score (nSPS) is 20.6. The predicted octanol–water partition coefficient (Wildman–Crippen LogP) is 3.17. The van der Waals surface area contributed by atoms with E-state index in [1.54, 1.807) is 0 Å². The number of nitrogens with one attached hydrogen (secondary N) is 1. The maximum absolute atomic E-state index is 6.03. The first-order valence-electron chi connectivity index (χ1n) is 7.53. The first-order chi connectivity index (χ1) is 9.40. The summed E-state index contributed by atoms with van der Waals surface area (Å²) in [6.07, 6.45) is 7.33. The lowest BCUT2D eigenvalue weighted by atomic mass is 9.91. The number of aromatic nitrogens is 1. The van der Waals surface area contributed by atoms with Crippen molar-refractivity contribution < 1.29 is 4.42 Å². The number of hydrogen-bond acceptors (Lipinski definition) is 3. The zero-order valence-electron chi connectivity index (χ0n) is 11.2. The molecule has 0 saturated carbocycles. The molecular weight excluding hydrogens is 236 g/mol. The third-order valence-corrected chi connectivity index (χ3v) is 4.56. The summed E-state index contributed by atoms with van der Waals surface area (Å²) in [5.41, 5.74) is 5.03. The van der Waals surface area contributed by atoms with E-state index in [-0.39, 0.29) is 0 Å². The number of oxazole rings is 1. The highest BCUT2D eigenvalue weighted by Gasteiger charge is 2.21. The fourth-order valence-electron chi connectivity index (χ4n) is 3.42. The summed E-state index contributed by atoms with van der Waals surface area (Å²) in [4.78, 5) is 4.75. The molecule has 4 rings (SSSR count). The van der Waals surface area contributed by atoms with Crippen LogP contribution < -0.4 is 5.32 Å². The van der Waals surface area contributed by atoms with Gasteiger partial charge in [0, 0.05) is 5.92 Å². The van der Waals surface area contributed by atoms with Gasteiger partial charge in [-0.25, -0.2) is 4.98 Å². The molecule has 0 amide bonds. The van der Waals surface area contributed by atoms with Crippen LogP contribution in [0.4, 0.5) is 0 Å². The summed E-state index contributed by atoms with van der Waals surface area (Å²) >= 11 is 0. The Kier molecular flexibility index (Phi) is 2.80. The van der Waals surface area contributed by atoms with Gasteiger partial charge >= 0.3 is 0 Å². The lowest BCUT2D eigenvalue weighted by Crippen LogP contribution is -2.26. The first kappa shape index (κ1) is 11.5. The zero-order chi connectivity index (χ0) is 12.7. The fraction of sp³-hybridized carbons (Fsp3) is 0.562. The summed E-state index contributed by atoms with van der Waals surface area (Å²) in [6.45, 7) is 2.17. The van der Waals surface area contributed by atoms with Crippen molar-refractivity contribution >= 4 is 11.1 Å². The average Bonchev–Trinajstić information content (AvgIpc) is 2.88. The van der Waals surface area contributed by atoms with E-state index in [2.05, 4.69) is 17.4 Å². The van der Waals surface area contributed by atoms with Crippen LogP contribution in [-0.4, -0.2) is 18.1 Å². The SMILES string of the molecule is c1c2c(cc3oc(C4CCNCC4)nc13)CCCC2. The van der Waals surface area contributed by atoms with Crippen LogP contribution in [0, 0.1) is 0 Å². The molecule has 2 heterocycles. The van der Waals surface area contributed by atoms with Gasteiger partial charge in [0.05, 0.1) is 0 Å². The van der Waals surface area contributed by atoms with E-state index in [0.29, 0.717) is 5.92 Å². The van der Waals surface area contributed by atoms with E-state index < -0.39 is 0 Å². The van der Waals surface area contributed by atoms with Gasteiger partial charge in [-0.05, 0) is 74.9 Å². The Morgan fingerprint density at radius 2 is 1.79 bits per heavy atom. The second-order valence-electron chi connectivity index (χ2n) is 5.87. The van der Waals surface area contributed by atoms with E-state index in [1.807, 2.05) is 0 Å². The van der Waals surface area contributed by atoms with Crippen LogP contribution in [0.2, 0.25) is 0 Å². The zero-order valence-corrected chi connectivity index (χ0v) is 11.2. The molecule has 0 spiro atoms. The molecule has 1 aromatic carbocycles. The largest absolute Gasteiger partial charge is 0.440 e. The van der Waals surface area contributed by atoms with E-state index in [0.717, 1.165) is 42.9 Å². The lowest BCUT2D eigenvalue weighted by Gasteiger charge is -2.19. The van der Waals surface area contributed by atoms with Crippen molar-refractivity contribution in [3.05, 3.63) is 29.2 Å². The van der Waals surface area contributed by atoms with Gasteiger partial charge in [0.2, 0.25) is 0 Å². The van der Waals surface area contributed by atoms with Gasteiger partial charge in [0.25, 0.3) is 0 Å². The Morgan fingerprint density at radius 3 is 2.58 bits per heavy atom. The summed E-state index contributed by atoms with van der Waals surface area (Å²) in [7, 11) is 0. The topological polar surface area (TPSA) is 38.1 Å². The minimum Gasteiger partial charge on any atom is -0.440 e. The van der Waals surface area contributed by atoms with Gasteiger partial charge in [-0.15, -0.1) is 0 Å². The second-order valence-corrected chi connectivity index (χ2v) is 5.87. The Morgan fingerprint density at radius 1 is 1.05 bits per heavy atom. The van der Waals surface area contributed by atoms with Crippen molar-refractivity contribution in [3.8, 4) is 0 Å². The van der Waals surface area contributed by atoms with Gasteiger partial charge in [-0.3, -0.25) is 0 Å².